The predicted molar refractivity (Wildman–Crippen MR) is 79.5 cm³/mol. The number of H-pyrrole nitrogens is 1. The van der Waals surface area contributed by atoms with Gasteiger partial charge in [-0.15, -0.1) is 0 Å². The first kappa shape index (κ1) is 15.3. The van der Waals surface area contributed by atoms with E-state index in [2.05, 4.69) is 15.2 Å². The number of carbonyl (C=O) groups is 2. The Bertz CT molecular complexity index is 1030. The molecule has 0 aliphatic carbocycles. The number of amides is 2. The van der Waals surface area contributed by atoms with Crippen molar-refractivity contribution in [2.75, 3.05) is 0 Å². The Hall–Kier alpha value is -3.23. The summed E-state index contributed by atoms with van der Waals surface area (Å²) in [6.45, 7) is -0.254. The Morgan fingerprint density at radius 2 is 1.92 bits per heavy atom. The second kappa shape index (κ2) is 5.13. The van der Waals surface area contributed by atoms with Gasteiger partial charge in [0.1, 0.15) is 0 Å². The Labute approximate surface area is 138 Å². The molecule has 4 rings (SSSR count). The molecule has 1 N–H and O–H groups in total. The molecule has 1 aromatic carbocycles. The number of nitrogens with zero attached hydrogens (tertiary/aromatic N) is 3. The molecule has 0 atom stereocenters. The molecule has 0 saturated carbocycles. The third kappa shape index (κ3) is 2.35. The first-order valence-electron chi connectivity index (χ1n) is 7.20. The smallest absolute Gasteiger partial charge is 0.270 e. The lowest BCUT2D eigenvalue weighted by atomic mass is 10.1. The van der Waals surface area contributed by atoms with Crippen LogP contribution in [0.25, 0.3) is 11.0 Å². The molecule has 1 aliphatic rings. The van der Waals surface area contributed by atoms with Crippen LogP contribution in [0.3, 0.4) is 0 Å². The second-order valence-electron chi connectivity index (χ2n) is 5.57. The van der Waals surface area contributed by atoms with Gasteiger partial charge >= 0.3 is 6.18 Å². The van der Waals surface area contributed by atoms with Gasteiger partial charge in [0.15, 0.2) is 5.65 Å². The van der Waals surface area contributed by atoms with Crippen molar-refractivity contribution in [1.29, 1.82) is 0 Å². The highest BCUT2D eigenvalue weighted by atomic mass is 19.4. The number of hydrogen-bond acceptors (Lipinski definition) is 4. The van der Waals surface area contributed by atoms with Crippen LogP contribution in [-0.2, 0) is 12.7 Å². The van der Waals surface area contributed by atoms with Crippen molar-refractivity contribution in [2.24, 2.45) is 0 Å². The van der Waals surface area contributed by atoms with Crippen molar-refractivity contribution in [1.82, 2.24) is 20.1 Å². The maximum atomic E-state index is 12.8. The fourth-order valence-electron chi connectivity index (χ4n) is 2.84. The van der Waals surface area contributed by atoms with Crippen LogP contribution in [-0.4, -0.2) is 31.9 Å². The van der Waals surface area contributed by atoms with Gasteiger partial charge < -0.3 is 0 Å². The minimum atomic E-state index is -4.50. The zero-order chi connectivity index (χ0) is 17.8. The number of imide groups is 1. The van der Waals surface area contributed by atoms with E-state index in [1.165, 1.54) is 24.5 Å². The summed E-state index contributed by atoms with van der Waals surface area (Å²) in [5, 5.41) is 6.80. The highest BCUT2D eigenvalue weighted by Crippen LogP contribution is 2.32. The van der Waals surface area contributed by atoms with Crippen LogP contribution < -0.4 is 0 Å². The number of carbonyl (C=O) groups excluding carboxylic acids is 2. The largest absolute Gasteiger partial charge is 0.416 e. The number of pyridine rings is 1. The lowest BCUT2D eigenvalue weighted by molar-refractivity contribution is -0.137. The maximum absolute atomic E-state index is 12.8. The van der Waals surface area contributed by atoms with E-state index in [0.717, 1.165) is 17.0 Å². The van der Waals surface area contributed by atoms with E-state index in [9.17, 15) is 22.8 Å². The minimum absolute atomic E-state index is 0.117. The van der Waals surface area contributed by atoms with Gasteiger partial charge in [0.2, 0.25) is 0 Å². The van der Waals surface area contributed by atoms with E-state index >= 15 is 0 Å². The molecule has 0 spiro atoms. The third-order valence-corrected chi connectivity index (χ3v) is 4.01. The summed E-state index contributed by atoms with van der Waals surface area (Å²) in [4.78, 5) is 30.0. The minimum Gasteiger partial charge on any atom is -0.270 e. The zero-order valence-corrected chi connectivity index (χ0v) is 12.5. The maximum Gasteiger partial charge on any atom is 0.416 e. The molecule has 0 saturated heterocycles. The fourth-order valence-corrected chi connectivity index (χ4v) is 2.84. The van der Waals surface area contributed by atoms with Gasteiger partial charge in [-0.25, -0.2) is 4.98 Å². The van der Waals surface area contributed by atoms with Gasteiger partial charge in [0.25, 0.3) is 11.8 Å². The topological polar surface area (TPSA) is 79.0 Å². The average molecular weight is 346 g/mol. The highest BCUT2D eigenvalue weighted by molar-refractivity contribution is 6.25. The summed E-state index contributed by atoms with van der Waals surface area (Å²) < 4.78 is 38.5. The standard InChI is InChI=1S/C16H9F3N4O2/c17-16(18,19)9-3-1-2-8(4-9)7-23-14(24)11-5-20-13-10(6-21-22-13)12(11)15(23)25/h1-6H,7H2,(H,20,21,22). The Morgan fingerprint density at radius 3 is 2.68 bits per heavy atom. The number of benzene rings is 1. The highest BCUT2D eigenvalue weighted by Gasteiger charge is 2.38. The normalized spacial score (nSPS) is 14.4. The first-order valence-corrected chi connectivity index (χ1v) is 7.20. The molecule has 3 aromatic rings. The monoisotopic (exact) mass is 346 g/mol. The van der Waals surface area contributed by atoms with Gasteiger partial charge in [-0.2, -0.15) is 18.3 Å². The van der Waals surface area contributed by atoms with Gasteiger partial charge in [-0.3, -0.25) is 19.6 Å². The van der Waals surface area contributed by atoms with Crippen molar-refractivity contribution >= 4 is 22.8 Å². The molecule has 0 bridgehead atoms. The summed E-state index contributed by atoms with van der Waals surface area (Å²) in [6.07, 6.45) is -1.84. The second-order valence-corrected chi connectivity index (χ2v) is 5.57. The summed E-state index contributed by atoms with van der Waals surface area (Å²) >= 11 is 0. The molecule has 0 unspecified atom stereocenters. The number of fused-ring (bicyclic) bond motifs is 3. The molecule has 25 heavy (non-hydrogen) atoms. The molecule has 9 heteroatoms. The van der Waals surface area contributed by atoms with E-state index in [1.807, 2.05) is 0 Å². The Morgan fingerprint density at radius 1 is 1.12 bits per heavy atom. The molecule has 126 valence electrons. The van der Waals surface area contributed by atoms with Crippen molar-refractivity contribution in [3.8, 4) is 0 Å². The van der Waals surface area contributed by atoms with Crippen molar-refractivity contribution < 1.29 is 22.8 Å². The fraction of sp³-hybridized carbons (Fsp3) is 0.125. The number of alkyl halides is 3. The van der Waals surface area contributed by atoms with Crippen LogP contribution in [0.2, 0.25) is 0 Å². The summed E-state index contributed by atoms with van der Waals surface area (Å²) in [7, 11) is 0. The summed E-state index contributed by atoms with van der Waals surface area (Å²) in [5.41, 5.74) is 0.0173. The van der Waals surface area contributed by atoms with E-state index in [-0.39, 0.29) is 23.2 Å². The number of halogens is 3. The van der Waals surface area contributed by atoms with Gasteiger partial charge in [0, 0.05) is 6.20 Å². The molecular formula is C16H9F3N4O2. The Kier molecular flexibility index (Phi) is 3.14. The van der Waals surface area contributed by atoms with Crippen LogP contribution in [0.5, 0.6) is 0 Å². The first-order chi connectivity index (χ1) is 11.9. The van der Waals surface area contributed by atoms with E-state index in [4.69, 9.17) is 0 Å². The molecule has 3 heterocycles. The van der Waals surface area contributed by atoms with E-state index in [0.29, 0.717) is 11.0 Å². The van der Waals surface area contributed by atoms with Gasteiger partial charge in [-0.1, -0.05) is 12.1 Å². The average Bonchev–Trinajstić information content (AvgIpc) is 3.13. The molecule has 2 aromatic heterocycles. The molecule has 2 amide bonds. The van der Waals surface area contributed by atoms with Gasteiger partial charge in [0.05, 0.1) is 34.8 Å². The lowest BCUT2D eigenvalue weighted by Crippen LogP contribution is -2.29. The van der Waals surface area contributed by atoms with Crippen LogP contribution in [0.4, 0.5) is 13.2 Å². The summed E-state index contributed by atoms with van der Waals surface area (Å²) in [6, 6.07) is 4.54. The van der Waals surface area contributed by atoms with Crippen LogP contribution in [0.1, 0.15) is 31.8 Å². The zero-order valence-electron chi connectivity index (χ0n) is 12.5. The van der Waals surface area contributed by atoms with E-state index in [1.54, 1.807) is 0 Å². The summed E-state index contributed by atoms with van der Waals surface area (Å²) in [5.74, 6) is -1.17. The van der Waals surface area contributed by atoms with Crippen LogP contribution in [0.15, 0.2) is 36.7 Å². The van der Waals surface area contributed by atoms with Crippen LogP contribution >= 0.6 is 0 Å². The number of aromatic nitrogens is 3. The van der Waals surface area contributed by atoms with Crippen molar-refractivity contribution in [2.45, 2.75) is 12.7 Å². The van der Waals surface area contributed by atoms with Crippen molar-refractivity contribution in [3.05, 3.63) is 58.9 Å². The number of hydrogen-bond donors (Lipinski definition) is 1. The SMILES string of the molecule is O=C1c2cnc3[nH]ncc3c2C(=O)N1Cc1cccc(C(F)(F)F)c1. The quantitative estimate of drug-likeness (QED) is 0.724. The number of rotatable bonds is 2. The van der Waals surface area contributed by atoms with Crippen molar-refractivity contribution in [3.63, 3.8) is 0 Å². The lowest BCUT2D eigenvalue weighted by Gasteiger charge is -2.15. The number of nitrogens with one attached hydrogen (secondary N) is 1. The molecule has 6 nitrogen and oxygen atoms in total. The predicted octanol–water partition coefficient (Wildman–Crippen LogP) is 2.77. The van der Waals surface area contributed by atoms with E-state index < -0.39 is 23.6 Å². The molecule has 0 fully saturated rings. The van der Waals surface area contributed by atoms with Crippen LogP contribution in [0, 0.1) is 0 Å². The third-order valence-electron chi connectivity index (χ3n) is 4.01. The van der Waals surface area contributed by atoms with Gasteiger partial charge in [-0.05, 0) is 17.7 Å². The molecular weight excluding hydrogens is 337 g/mol. The number of aromatic amines is 1. The molecule has 0 radical (unpaired) electrons. The Balaban J connectivity index is 1.71. The molecule has 1 aliphatic heterocycles.